The van der Waals surface area contributed by atoms with Crippen LogP contribution in [-0.4, -0.2) is 51.4 Å². The Balaban J connectivity index is 1.81. The third-order valence-electron chi connectivity index (χ3n) is 7.66. The van der Waals surface area contributed by atoms with Crippen molar-refractivity contribution in [3.63, 3.8) is 0 Å². The van der Waals surface area contributed by atoms with Crippen LogP contribution < -0.4 is 14.4 Å². The lowest BCUT2D eigenvalue weighted by molar-refractivity contribution is -0.140. The van der Waals surface area contributed by atoms with Crippen LogP contribution in [0.25, 0.3) is 0 Å². The predicted molar refractivity (Wildman–Crippen MR) is 182 cm³/mol. The summed E-state index contributed by atoms with van der Waals surface area (Å²) < 4.78 is 34.9. The van der Waals surface area contributed by atoms with Crippen LogP contribution in [-0.2, 0) is 32.6 Å². The van der Waals surface area contributed by atoms with Gasteiger partial charge in [-0.05, 0) is 55.2 Å². The molecule has 0 heterocycles. The lowest BCUT2D eigenvalue weighted by Gasteiger charge is -2.34. The Morgan fingerprint density at radius 1 is 0.804 bits per heavy atom. The second-order valence-electron chi connectivity index (χ2n) is 11.9. The van der Waals surface area contributed by atoms with Crippen molar-refractivity contribution in [2.75, 3.05) is 24.5 Å². The number of carbonyl (C=O) groups is 2. The number of nitrogens with one attached hydrogen (secondary N) is 1. The number of nitrogens with zero attached hydrogens (tertiary/aromatic N) is 2. The molecule has 0 aromatic heterocycles. The van der Waals surface area contributed by atoms with Crippen LogP contribution in [0.4, 0.5) is 5.69 Å². The third-order valence-corrected chi connectivity index (χ3v) is 9.45. The summed E-state index contributed by atoms with van der Waals surface area (Å²) in [6, 6.07) is 29.5. The summed E-state index contributed by atoms with van der Waals surface area (Å²) in [5, 5.41) is 3.01. The van der Waals surface area contributed by atoms with Crippen LogP contribution >= 0.6 is 0 Å². The first-order chi connectivity index (χ1) is 22.0. The zero-order valence-electron chi connectivity index (χ0n) is 27.1. The van der Waals surface area contributed by atoms with Crippen LogP contribution in [0, 0.1) is 19.8 Å². The SMILES string of the molecule is COc1cccc(N(CC(=O)N(Cc2ccc(C)cc2)C(Cc2ccccc2)C(=O)NCC(C)C)S(=O)(=O)c2ccc(C)cc2)c1. The van der Waals surface area contributed by atoms with Gasteiger partial charge in [0.15, 0.2) is 0 Å². The average Bonchev–Trinajstić information content (AvgIpc) is 3.05. The maximum Gasteiger partial charge on any atom is 0.264 e. The van der Waals surface area contributed by atoms with E-state index in [1.165, 1.54) is 24.1 Å². The maximum atomic E-state index is 14.6. The van der Waals surface area contributed by atoms with E-state index in [4.69, 9.17) is 4.74 Å². The molecule has 8 nitrogen and oxygen atoms in total. The molecule has 242 valence electrons. The summed E-state index contributed by atoms with van der Waals surface area (Å²) in [4.78, 5) is 30.0. The molecular formula is C37H43N3O5S. The Hall–Kier alpha value is -4.63. The lowest BCUT2D eigenvalue weighted by atomic mass is 10.0. The number of hydrogen-bond acceptors (Lipinski definition) is 5. The molecule has 1 N–H and O–H groups in total. The second-order valence-corrected chi connectivity index (χ2v) is 13.7. The van der Waals surface area contributed by atoms with Crippen molar-refractivity contribution >= 4 is 27.5 Å². The predicted octanol–water partition coefficient (Wildman–Crippen LogP) is 5.92. The Kier molecular flexibility index (Phi) is 11.6. The number of hydrogen-bond donors (Lipinski definition) is 1. The van der Waals surface area contributed by atoms with E-state index in [0.29, 0.717) is 12.3 Å². The largest absolute Gasteiger partial charge is 0.497 e. The first-order valence-corrected chi connectivity index (χ1v) is 16.8. The number of rotatable bonds is 14. The fraction of sp³-hybridized carbons (Fsp3) is 0.297. The van der Waals surface area contributed by atoms with Gasteiger partial charge in [0.05, 0.1) is 17.7 Å². The second kappa shape index (κ2) is 15.6. The van der Waals surface area contributed by atoms with Gasteiger partial charge in [-0.2, -0.15) is 0 Å². The topological polar surface area (TPSA) is 96.0 Å². The fourth-order valence-electron chi connectivity index (χ4n) is 5.00. The molecular weight excluding hydrogens is 598 g/mol. The number of aryl methyl sites for hydroxylation is 2. The normalized spacial score (nSPS) is 12.0. The van der Waals surface area contributed by atoms with Crippen LogP contribution in [0.5, 0.6) is 5.75 Å². The first-order valence-electron chi connectivity index (χ1n) is 15.4. The van der Waals surface area contributed by atoms with Crippen LogP contribution in [0.3, 0.4) is 0 Å². The van der Waals surface area contributed by atoms with E-state index in [1.807, 2.05) is 82.3 Å². The number of benzene rings is 4. The van der Waals surface area contributed by atoms with Gasteiger partial charge in [0, 0.05) is 25.6 Å². The number of sulfonamides is 1. The standard InChI is InChI=1S/C37H43N3O5S/c1-27(2)24-38-37(42)35(22-30-10-7-6-8-11-30)39(25-31-18-14-28(3)15-19-31)36(41)26-40(32-12-9-13-33(23-32)45-5)46(43,44)34-20-16-29(4)17-21-34/h6-21,23,27,35H,22,24-26H2,1-5H3,(H,38,42). The van der Waals surface area contributed by atoms with E-state index < -0.39 is 28.5 Å². The van der Waals surface area contributed by atoms with Gasteiger partial charge in [-0.1, -0.05) is 97.8 Å². The number of anilines is 1. The minimum atomic E-state index is -4.20. The Bertz CT molecular complexity index is 1710. The van der Waals surface area contributed by atoms with Gasteiger partial charge in [-0.3, -0.25) is 13.9 Å². The molecule has 0 aliphatic carbocycles. The van der Waals surface area contributed by atoms with E-state index in [0.717, 1.165) is 26.6 Å². The van der Waals surface area contributed by atoms with Crippen LogP contribution in [0.15, 0.2) is 108 Å². The van der Waals surface area contributed by atoms with E-state index in [2.05, 4.69) is 5.32 Å². The van der Waals surface area contributed by atoms with Gasteiger partial charge in [-0.25, -0.2) is 8.42 Å². The molecule has 0 bridgehead atoms. The van der Waals surface area contributed by atoms with Crippen molar-refractivity contribution in [2.24, 2.45) is 5.92 Å². The summed E-state index contributed by atoms with van der Waals surface area (Å²) in [5.41, 5.74) is 3.94. The summed E-state index contributed by atoms with van der Waals surface area (Å²) in [5.74, 6) is -0.168. The number of ether oxygens (including phenoxy) is 1. The molecule has 0 spiro atoms. The fourth-order valence-corrected chi connectivity index (χ4v) is 6.40. The van der Waals surface area contributed by atoms with Gasteiger partial charge in [0.1, 0.15) is 18.3 Å². The van der Waals surface area contributed by atoms with Gasteiger partial charge in [0.25, 0.3) is 10.0 Å². The van der Waals surface area contributed by atoms with Crippen molar-refractivity contribution < 1.29 is 22.7 Å². The highest BCUT2D eigenvalue weighted by Crippen LogP contribution is 2.28. The molecule has 4 aromatic carbocycles. The summed E-state index contributed by atoms with van der Waals surface area (Å²) in [6.07, 6.45) is 0.256. The van der Waals surface area contributed by atoms with Gasteiger partial charge in [0.2, 0.25) is 11.8 Å². The smallest absolute Gasteiger partial charge is 0.264 e. The van der Waals surface area contributed by atoms with E-state index in [9.17, 15) is 18.0 Å². The van der Waals surface area contributed by atoms with Crippen molar-refractivity contribution in [1.82, 2.24) is 10.2 Å². The molecule has 46 heavy (non-hydrogen) atoms. The molecule has 0 aliphatic rings. The maximum absolute atomic E-state index is 14.6. The highest BCUT2D eigenvalue weighted by Gasteiger charge is 2.34. The van der Waals surface area contributed by atoms with Crippen molar-refractivity contribution in [1.29, 1.82) is 0 Å². The van der Waals surface area contributed by atoms with Crippen LogP contribution in [0.2, 0.25) is 0 Å². The molecule has 0 saturated carbocycles. The highest BCUT2D eigenvalue weighted by atomic mass is 32.2. The van der Waals surface area contributed by atoms with Gasteiger partial charge < -0.3 is 15.0 Å². The number of methoxy groups -OCH3 is 1. The molecule has 4 rings (SSSR count). The lowest BCUT2D eigenvalue weighted by Crippen LogP contribution is -2.53. The summed E-state index contributed by atoms with van der Waals surface area (Å²) >= 11 is 0. The molecule has 0 saturated heterocycles. The monoisotopic (exact) mass is 641 g/mol. The first kappa shape index (κ1) is 34.2. The zero-order chi connectivity index (χ0) is 33.3. The minimum Gasteiger partial charge on any atom is -0.497 e. The molecule has 0 aliphatic heterocycles. The highest BCUT2D eigenvalue weighted by molar-refractivity contribution is 7.92. The number of carbonyl (C=O) groups excluding carboxylic acids is 2. The van der Waals surface area contributed by atoms with Crippen LogP contribution in [0.1, 0.15) is 36.1 Å². The van der Waals surface area contributed by atoms with Gasteiger partial charge in [-0.15, -0.1) is 0 Å². The van der Waals surface area contributed by atoms with Gasteiger partial charge >= 0.3 is 0 Å². The average molecular weight is 642 g/mol. The van der Waals surface area contributed by atoms with E-state index in [1.54, 1.807) is 36.4 Å². The molecule has 9 heteroatoms. The Labute approximate surface area is 273 Å². The summed E-state index contributed by atoms with van der Waals surface area (Å²) in [6.45, 7) is 7.88. The molecule has 4 aromatic rings. The molecule has 0 radical (unpaired) electrons. The molecule has 0 fully saturated rings. The molecule has 1 atom stereocenters. The third kappa shape index (κ3) is 8.97. The zero-order valence-corrected chi connectivity index (χ0v) is 28.0. The molecule has 1 unspecified atom stereocenters. The summed E-state index contributed by atoms with van der Waals surface area (Å²) in [7, 11) is -2.70. The van der Waals surface area contributed by atoms with Crippen molar-refractivity contribution in [3.05, 3.63) is 125 Å². The van der Waals surface area contributed by atoms with E-state index >= 15 is 0 Å². The number of amides is 2. The Morgan fingerprint density at radius 3 is 2.04 bits per heavy atom. The van der Waals surface area contributed by atoms with Crippen molar-refractivity contribution in [3.8, 4) is 5.75 Å². The minimum absolute atomic E-state index is 0.0503. The quantitative estimate of drug-likeness (QED) is 0.185. The van der Waals surface area contributed by atoms with Crippen molar-refractivity contribution in [2.45, 2.75) is 51.6 Å². The molecule has 2 amide bonds. The Morgan fingerprint density at radius 2 is 1.43 bits per heavy atom. The van der Waals surface area contributed by atoms with E-state index in [-0.39, 0.29) is 35.4 Å².